The van der Waals surface area contributed by atoms with Crippen LogP contribution in [0.25, 0.3) is 22.3 Å². The zero-order valence-corrected chi connectivity index (χ0v) is 12.9. The van der Waals surface area contributed by atoms with Crippen molar-refractivity contribution in [3.05, 3.63) is 30.3 Å². The fourth-order valence-electron chi connectivity index (χ4n) is 2.39. The standard InChI is InChI=1S/C17H14O7/c1-22-9-5-11(18)10-7-13(20)17(24-14(10)6-9)8-3-12(19)16(21)15(4-8)23-2/h3-7H,1-2H3,(H3-,18,19,20,21)/p+1. The van der Waals surface area contributed by atoms with Crippen molar-refractivity contribution < 1.29 is 34.3 Å². The average molecular weight is 331 g/mol. The van der Waals surface area contributed by atoms with E-state index in [1.165, 1.54) is 38.5 Å². The number of hydrogen-bond donors (Lipinski definition) is 4. The number of aromatic hydroxyl groups is 4. The predicted molar refractivity (Wildman–Crippen MR) is 85.8 cm³/mol. The summed E-state index contributed by atoms with van der Waals surface area (Å²) in [6, 6.07) is 6.91. The third-order valence-corrected chi connectivity index (χ3v) is 3.59. The third-order valence-electron chi connectivity index (χ3n) is 3.59. The Morgan fingerprint density at radius 2 is 1.54 bits per heavy atom. The maximum atomic E-state index is 10.2. The Hall–Kier alpha value is -3.35. The molecule has 0 atom stereocenters. The first-order valence-corrected chi connectivity index (χ1v) is 6.91. The summed E-state index contributed by atoms with van der Waals surface area (Å²) in [7, 11) is 2.78. The number of ether oxygens (including phenoxy) is 2. The fourth-order valence-corrected chi connectivity index (χ4v) is 2.39. The van der Waals surface area contributed by atoms with E-state index in [0.29, 0.717) is 11.1 Å². The Kier molecular flexibility index (Phi) is 3.69. The van der Waals surface area contributed by atoms with Crippen molar-refractivity contribution in [1.82, 2.24) is 0 Å². The second-order valence-electron chi connectivity index (χ2n) is 5.07. The normalized spacial score (nSPS) is 10.8. The molecule has 0 unspecified atom stereocenters. The molecule has 1 heterocycles. The molecule has 24 heavy (non-hydrogen) atoms. The monoisotopic (exact) mass is 331 g/mol. The van der Waals surface area contributed by atoms with Crippen molar-refractivity contribution in [2.45, 2.75) is 0 Å². The van der Waals surface area contributed by atoms with Gasteiger partial charge in [0.1, 0.15) is 16.9 Å². The summed E-state index contributed by atoms with van der Waals surface area (Å²) < 4.78 is 15.7. The van der Waals surface area contributed by atoms with Crippen LogP contribution in [-0.2, 0) is 0 Å². The molecule has 0 spiro atoms. The van der Waals surface area contributed by atoms with E-state index in [0.717, 1.165) is 0 Å². The van der Waals surface area contributed by atoms with Crippen LogP contribution in [0.2, 0.25) is 0 Å². The highest BCUT2D eigenvalue weighted by atomic mass is 16.5. The first-order chi connectivity index (χ1) is 11.4. The lowest BCUT2D eigenvalue weighted by Gasteiger charge is -2.06. The molecule has 124 valence electrons. The average Bonchev–Trinajstić information content (AvgIpc) is 2.57. The van der Waals surface area contributed by atoms with Gasteiger partial charge in [-0.1, -0.05) is 0 Å². The highest BCUT2D eigenvalue weighted by molar-refractivity contribution is 5.88. The lowest BCUT2D eigenvalue weighted by atomic mass is 10.1. The molecule has 0 saturated heterocycles. The predicted octanol–water partition coefficient (Wildman–Crippen LogP) is 3.22. The van der Waals surface area contributed by atoms with Crippen molar-refractivity contribution in [2.24, 2.45) is 0 Å². The van der Waals surface area contributed by atoms with Gasteiger partial charge < -0.3 is 29.9 Å². The summed E-state index contributed by atoms with van der Waals surface area (Å²) in [5.74, 6) is -0.770. The number of fused-ring (bicyclic) bond motifs is 1. The molecule has 1 aromatic heterocycles. The molecule has 3 rings (SSSR count). The van der Waals surface area contributed by atoms with Crippen LogP contribution in [0.15, 0.2) is 34.7 Å². The van der Waals surface area contributed by atoms with Gasteiger partial charge in [-0.25, -0.2) is 4.42 Å². The number of benzene rings is 2. The molecule has 4 N–H and O–H groups in total. The largest absolute Gasteiger partial charge is 0.507 e. The van der Waals surface area contributed by atoms with Gasteiger partial charge in [0.2, 0.25) is 11.5 Å². The number of methoxy groups -OCH3 is 2. The second-order valence-corrected chi connectivity index (χ2v) is 5.07. The van der Waals surface area contributed by atoms with E-state index in [9.17, 15) is 20.4 Å². The highest BCUT2D eigenvalue weighted by Crippen LogP contribution is 2.44. The summed E-state index contributed by atoms with van der Waals surface area (Å²) in [4.78, 5) is 0. The smallest absolute Gasteiger partial charge is 0.402 e. The van der Waals surface area contributed by atoms with Crippen LogP contribution in [0.4, 0.5) is 0 Å². The lowest BCUT2D eigenvalue weighted by Crippen LogP contribution is -1.88. The molecule has 0 saturated carbocycles. The lowest BCUT2D eigenvalue weighted by molar-refractivity contribution is 0.351. The second kappa shape index (κ2) is 5.69. The highest BCUT2D eigenvalue weighted by Gasteiger charge is 2.26. The van der Waals surface area contributed by atoms with E-state index in [1.807, 2.05) is 0 Å². The third kappa shape index (κ3) is 2.45. The Morgan fingerprint density at radius 3 is 2.21 bits per heavy atom. The van der Waals surface area contributed by atoms with Crippen LogP contribution < -0.4 is 9.47 Å². The van der Waals surface area contributed by atoms with E-state index in [1.54, 1.807) is 6.07 Å². The molecule has 7 heteroatoms. The maximum absolute atomic E-state index is 10.2. The molecule has 0 bridgehead atoms. The van der Waals surface area contributed by atoms with Crippen LogP contribution in [0.5, 0.6) is 34.5 Å². The van der Waals surface area contributed by atoms with E-state index in [-0.39, 0.29) is 34.2 Å². The zero-order valence-electron chi connectivity index (χ0n) is 12.9. The number of rotatable bonds is 3. The van der Waals surface area contributed by atoms with Crippen LogP contribution in [0.3, 0.4) is 0 Å². The molecule has 0 amide bonds. The zero-order chi connectivity index (χ0) is 17.4. The van der Waals surface area contributed by atoms with Gasteiger partial charge in [-0.05, 0) is 0 Å². The minimum absolute atomic E-state index is 0.0215. The Labute approximate surface area is 136 Å². The Morgan fingerprint density at radius 1 is 0.792 bits per heavy atom. The maximum Gasteiger partial charge on any atom is 0.402 e. The first kappa shape index (κ1) is 15.5. The SMILES string of the molecule is COc1cc(O)c2cc(O)c(-c3cc(O)c(O)c(OC)c3)[o+]c2c1. The molecule has 2 aromatic carbocycles. The van der Waals surface area contributed by atoms with Crippen LogP contribution in [0.1, 0.15) is 0 Å². The van der Waals surface area contributed by atoms with Crippen molar-refractivity contribution in [3.63, 3.8) is 0 Å². The molecule has 0 aliphatic carbocycles. The molecule has 0 radical (unpaired) electrons. The summed E-state index contributed by atoms with van der Waals surface area (Å²) in [6.45, 7) is 0. The molecule has 0 aliphatic rings. The van der Waals surface area contributed by atoms with Crippen LogP contribution >= 0.6 is 0 Å². The number of phenolic OH excluding ortho intramolecular Hbond substituents is 3. The van der Waals surface area contributed by atoms with Gasteiger partial charge in [0, 0.05) is 24.3 Å². The first-order valence-electron chi connectivity index (χ1n) is 6.91. The Balaban J connectivity index is 2.27. The summed E-state index contributed by atoms with van der Waals surface area (Å²) >= 11 is 0. The van der Waals surface area contributed by atoms with Crippen molar-refractivity contribution in [1.29, 1.82) is 0 Å². The van der Waals surface area contributed by atoms with Crippen molar-refractivity contribution >= 4 is 11.0 Å². The Bertz CT molecular complexity index is 934. The van der Waals surface area contributed by atoms with E-state index >= 15 is 0 Å². The van der Waals surface area contributed by atoms with Gasteiger partial charge in [0.15, 0.2) is 11.5 Å². The van der Waals surface area contributed by atoms with Gasteiger partial charge >= 0.3 is 11.3 Å². The summed E-state index contributed by atoms with van der Waals surface area (Å²) in [6.07, 6.45) is 0. The molecule has 3 aromatic rings. The quantitative estimate of drug-likeness (QED) is 0.431. The topological polar surface area (TPSA) is 111 Å². The molecule has 7 nitrogen and oxygen atoms in total. The molecular weight excluding hydrogens is 316 g/mol. The summed E-state index contributed by atoms with van der Waals surface area (Å²) in [5, 5.41) is 40.0. The number of hydrogen-bond acceptors (Lipinski definition) is 6. The van der Waals surface area contributed by atoms with Crippen molar-refractivity contribution in [2.75, 3.05) is 14.2 Å². The van der Waals surface area contributed by atoms with Gasteiger partial charge in [0.25, 0.3) is 0 Å². The van der Waals surface area contributed by atoms with Crippen molar-refractivity contribution in [3.8, 4) is 45.8 Å². The molecular formula is C17H15O7+. The van der Waals surface area contributed by atoms with Gasteiger partial charge in [0.05, 0.1) is 25.8 Å². The van der Waals surface area contributed by atoms with Crippen LogP contribution in [0, 0.1) is 0 Å². The van der Waals surface area contributed by atoms with E-state index in [2.05, 4.69) is 0 Å². The number of phenols is 3. The van der Waals surface area contributed by atoms with Gasteiger partial charge in [-0.3, -0.25) is 0 Å². The molecule has 0 aliphatic heterocycles. The van der Waals surface area contributed by atoms with E-state index < -0.39 is 11.5 Å². The van der Waals surface area contributed by atoms with E-state index in [4.69, 9.17) is 13.9 Å². The van der Waals surface area contributed by atoms with Crippen LogP contribution in [-0.4, -0.2) is 34.6 Å². The summed E-state index contributed by atoms with van der Waals surface area (Å²) in [5.41, 5.74) is 0.551. The fraction of sp³-hybridized carbons (Fsp3) is 0.118. The minimum Gasteiger partial charge on any atom is -0.507 e. The van der Waals surface area contributed by atoms with Gasteiger partial charge in [-0.15, -0.1) is 0 Å². The molecule has 0 fully saturated rings. The minimum atomic E-state index is -0.424. The van der Waals surface area contributed by atoms with Gasteiger partial charge in [-0.2, -0.15) is 0 Å².